The number of carboxylic acids is 1. The Morgan fingerprint density at radius 2 is 2.10 bits per heavy atom. The maximum atomic E-state index is 12.1. The minimum atomic E-state index is -1.10. The summed E-state index contributed by atoms with van der Waals surface area (Å²) in [5.41, 5.74) is 2.69. The average molecular weight is 296 g/mol. The molecule has 0 radical (unpaired) electrons. The maximum absolute atomic E-state index is 12.1. The van der Waals surface area contributed by atoms with Crippen LogP contribution in [0.25, 0.3) is 0 Å². The van der Waals surface area contributed by atoms with Crippen LogP contribution < -0.4 is 5.32 Å². The first kappa shape index (κ1) is 15.3. The number of nitrogens with one attached hydrogen (secondary N) is 1. The second-order valence-corrected chi connectivity index (χ2v) is 5.33. The van der Waals surface area contributed by atoms with Crippen LogP contribution in [0.3, 0.4) is 0 Å². The number of aromatic nitrogens is 2. The van der Waals surface area contributed by atoms with Crippen molar-refractivity contribution in [2.24, 2.45) is 7.05 Å². The maximum Gasteiger partial charge on any atom is 0.326 e. The van der Waals surface area contributed by atoms with Gasteiger partial charge in [0.25, 0.3) is 0 Å². The predicted octanol–water partition coefficient (Wildman–Crippen LogP) is -0.234. The third kappa shape index (κ3) is 2.99. The smallest absolute Gasteiger partial charge is 0.326 e. The number of aryl methyl sites for hydroxylation is 2. The van der Waals surface area contributed by atoms with E-state index in [1.165, 1.54) is 0 Å². The van der Waals surface area contributed by atoms with Gasteiger partial charge in [0.05, 0.1) is 11.8 Å². The third-order valence-corrected chi connectivity index (χ3v) is 3.90. The summed E-state index contributed by atoms with van der Waals surface area (Å²) in [6, 6.07) is -1.46. The van der Waals surface area contributed by atoms with E-state index in [9.17, 15) is 14.7 Å². The van der Waals surface area contributed by atoms with Crippen molar-refractivity contribution >= 4 is 12.0 Å². The van der Waals surface area contributed by atoms with Gasteiger partial charge in [0.1, 0.15) is 6.04 Å². The fourth-order valence-corrected chi connectivity index (χ4v) is 2.61. The number of hydrogen-bond donors (Lipinski definition) is 3. The van der Waals surface area contributed by atoms with E-state index in [1.807, 2.05) is 20.9 Å². The monoisotopic (exact) mass is 296 g/mol. The fourth-order valence-electron chi connectivity index (χ4n) is 2.61. The minimum Gasteiger partial charge on any atom is -0.480 e. The van der Waals surface area contributed by atoms with Gasteiger partial charge >= 0.3 is 12.0 Å². The van der Waals surface area contributed by atoms with Crippen molar-refractivity contribution in [2.75, 3.05) is 6.54 Å². The molecule has 21 heavy (non-hydrogen) atoms. The van der Waals surface area contributed by atoms with Gasteiger partial charge < -0.3 is 20.4 Å². The van der Waals surface area contributed by atoms with Crippen molar-refractivity contribution in [3.05, 3.63) is 17.0 Å². The number of β-amino-alcohol motifs (C(OH)–C–C–N with tert-alkyl or cyclic N) is 1. The van der Waals surface area contributed by atoms with Crippen LogP contribution in [-0.2, 0) is 18.4 Å². The second-order valence-electron chi connectivity index (χ2n) is 5.33. The lowest BCUT2D eigenvalue weighted by Crippen LogP contribution is -2.46. The highest BCUT2D eigenvalue weighted by molar-refractivity contribution is 5.83. The van der Waals surface area contributed by atoms with Crippen LogP contribution in [0.4, 0.5) is 4.79 Å². The van der Waals surface area contributed by atoms with E-state index >= 15 is 0 Å². The van der Waals surface area contributed by atoms with E-state index in [4.69, 9.17) is 5.11 Å². The van der Waals surface area contributed by atoms with Gasteiger partial charge in [0.2, 0.25) is 0 Å². The summed E-state index contributed by atoms with van der Waals surface area (Å²) in [6.07, 6.45) is -0.730. The number of carbonyl (C=O) groups is 2. The molecular formula is C13H20N4O4. The molecule has 2 amide bonds. The van der Waals surface area contributed by atoms with E-state index in [0.717, 1.165) is 21.9 Å². The Kier molecular flexibility index (Phi) is 4.17. The molecule has 0 aliphatic carbocycles. The van der Waals surface area contributed by atoms with Gasteiger partial charge in [-0.15, -0.1) is 0 Å². The summed E-state index contributed by atoms with van der Waals surface area (Å²) in [6.45, 7) is 4.08. The normalized spacial score (nSPS) is 21.6. The van der Waals surface area contributed by atoms with E-state index in [1.54, 1.807) is 4.68 Å². The van der Waals surface area contributed by atoms with Crippen molar-refractivity contribution in [3.63, 3.8) is 0 Å². The molecule has 1 aliphatic heterocycles. The highest BCUT2D eigenvalue weighted by Crippen LogP contribution is 2.18. The molecule has 8 heteroatoms. The summed E-state index contributed by atoms with van der Waals surface area (Å²) < 4.78 is 1.73. The quantitative estimate of drug-likeness (QED) is 0.714. The molecule has 1 fully saturated rings. The number of urea groups is 1. The van der Waals surface area contributed by atoms with Gasteiger partial charge in [0.15, 0.2) is 0 Å². The highest BCUT2D eigenvalue weighted by atomic mass is 16.4. The lowest BCUT2D eigenvalue weighted by atomic mass is 10.2. The molecule has 116 valence electrons. The SMILES string of the molecule is Cc1nn(C)c(C)c1CNC(=O)N1C[C@H](O)C[C@@H]1C(=O)O. The number of hydrogen-bond acceptors (Lipinski definition) is 4. The largest absolute Gasteiger partial charge is 0.480 e. The molecule has 0 spiro atoms. The van der Waals surface area contributed by atoms with E-state index in [2.05, 4.69) is 10.4 Å². The van der Waals surface area contributed by atoms with Crippen molar-refractivity contribution in [1.82, 2.24) is 20.0 Å². The first-order valence-corrected chi connectivity index (χ1v) is 6.75. The number of aliphatic hydroxyl groups is 1. The summed E-state index contributed by atoms with van der Waals surface area (Å²) in [5.74, 6) is -1.10. The topological polar surface area (TPSA) is 108 Å². The van der Waals surface area contributed by atoms with E-state index in [-0.39, 0.29) is 19.5 Å². The van der Waals surface area contributed by atoms with Crippen molar-refractivity contribution in [2.45, 2.75) is 39.0 Å². The molecule has 0 bridgehead atoms. The molecule has 1 saturated heterocycles. The summed E-state index contributed by atoms with van der Waals surface area (Å²) >= 11 is 0. The Labute approximate surface area is 122 Å². The highest BCUT2D eigenvalue weighted by Gasteiger charge is 2.38. The number of aliphatic hydroxyl groups excluding tert-OH is 1. The first-order valence-electron chi connectivity index (χ1n) is 6.75. The molecule has 0 saturated carbocycles. The van der Waals surface area contributed by atoms with E-state index in [0.29, 0.717) is 0 Å². The van der Waals surface area contributed by atoms with Gasteiger partial charge in [-0.1, -0.05) is 0 Å². The zero-order valence-electron chi connectivity index (χ0n) is 12.3. The number of likely N-dealkylation sites (tertiary alicyclic amines) is 1. The number of rotatable bonds is 3. The predicted molar refractivity (Wildman–Crippen MR) is 73.7 cm³/mol. The first-order chi connectivity index (χ1) is 9.81. The number of carbonyl (C=O) groups excluding carboxylic acids is 1. The molecule has 0 unspecified atom stereocenters. The number of aliphatic carboxylic acids is 1. The van der Waals surface area contributed by atoms with Gasteiger partial charge in [-0.3, -0.25) is 4.68 Å². The lowest BCUT2D eigenvalue weighted by Gasteiger charge is -2.21. The molecule has 1 aliphatic rings. The molecular weight excluding hydrogens is 276 g/mol. The van der Waals surface area contributed by atoms with Crippen LogP contribution in [-0.4, -0.2) is 55.6 Å². The Morgan fingerprint density at radius 3 is 2.62 bits per heavy atom. The number of amides is 2. The zero-order chi connectivity index (χ0) is 15.7. The van der Waals surface area contributed by atoms with Crippen molar-refractivity contribution < 1.29 is 19.8 Å². The van der Waals surface area contributed by atoms with Crippen LogP contribution in [0.15, 0.2) is 0 Å². The van der Waals surface area contributed by atoms with Crippen LogP contribution in [0.5, 0.6) is 0 Å². The van der Waals surface area contributed by atoms with Gasteiger partial charge in [-0.05, 0) is 13.8 Å². The Bertz CT molecular complexity index is 569. The van der Waals surface area contributed by atoms with Gasteiger partial charge in [-0.25, -0.2) is 9.59 Å². The van der Waals surface area contributed by atoms with Gasteiger partial charge in [0, 0.05) is 37.8 Å². The zero-order valence-corrected chi connectivity index (χ0v) is 12.3. The standard InChI is InChI=1S/C13H20N4O4/c1-7-10(8(2)16(3)15-7)5-14-13(21)17-6-9(18)4-11(17)12(19)20/h9,11,18H,4-6H2,1-3H3,(H,14,21)(H,19,20)/t9-,11-/m1/s1. The molecule has 2 heterocycles. The Hall–Kier alpha value is -2.09. The Morgan fingerprint density at radius 1 is 1.43 bits per heavy atom. The lowest BCUT2D eigenvalue weighted by molar-refractivity contribution is -0.141. The van der Waals surface area contributed by atoms with E-state index < -0.39 is 24.1 Å². The summed E-state index contributed by atoms with van der Waals surface area (Å²) in [5, 5.41) is 25.6. The molecule has 2 rings (SSSR count). The molecule has 2 atom stereocenters. The molecule has 0 aromatic carbocycles. The summed E-state index contributed by atoms with van der Waals surface area (Å²) in [4.78, 5) is 24.4. The minimum absolute atomic E-state index is 0.0355. The Balaban J connectivity index is 2.03. The second kappa shape index (κ2) is 5.72. The molecule has 3 N–H and O–H groups in total. The van der Waals surface area contributed by atoms with Crippen LogP contribution in [0.2, 0.25) is 0 Å². The fraction of sp³-hybridized carbons (Fsp3) is 0.615. The molecule has 8 nitrogen and oxygen atoms in total. The van der Waals surface area contributed by atoms with Crippen LogP contribution >= 0.6 is 0 Å². The van der Waals surface area contributed by atoms with Crippen LogP contribution in [0, 0.1) is 13.8 Å². The van der Waals surface area contributed by atoms with Crippen LogP contribution in [0.1, 0.15) is 23.4 Å². The van der Waals surface area contributed by atoms with Crippen molar-refractivity contribution in [1.29, 1.82) is 0 Å². The number of nitrogens with zero attached hydrogens (tertiary/aromatic N) is 3. The molecule has 1 aromatic heterocycles. The average Bonchev–Trinajstić information content (AvgIpc) is 2.90. The summed E-state index contributed by atoms with van der Waals surface area (Å²) in [7, 11) is 1.82. The van der Waals surface area contributed by atoms with Crippen molar-refractivity contribution in [3.8, 4) is 0 Å². The molecule has 1 aromatic rings. The van der Waals surface area contributed by atoms with Gasteiger partial charge in [-0.2, -0.15) is 5.10 Å². The third-order valence-electron chi connectivity index (χ3n) is 3.90. The number of carboxylic acid groups (broad SMARTS) is 1.